The van der Waals surface area contributed by atoms with Crippen LogP contribution in [0.5, 0.6) is 0 Å². The van der Waals surface area contributed by atoms with Crippen molar-refractivity contribution in [1.29, 1.82) is 0 Å². The van der Waals surface area contributed by atoms with Gasteiger partial charge in [0, 0.05) is 0 Å². The fraction of sp³-hybridized carbons (Fsp3) is 0. The maximum absolute atomic E-state index is 7.33. The van der Waals surface area contributed by atoms with Gasteiger partial charge in [0.15, 0.2) is 0 Å². The summed E-state index contributed by atoms with van der Waals surface area (Å²) < 4.78 is 0. The van der Waals surface area contributed by atoms with Gasteiger partial charge in [0.1, 0.15) is 0 Å². The molecule has 0 fully saturated rings. The normalized spacial score (nSPS) is 8.57. The van der Waals surface area contributed by atoms with Crippen molar-refractivity contribution in [3.63, 3.8) is 0 Å². The standard InChI is InChI=1S/2Fe.H4O4Si/c;;1-5(2,3)4/h;;1-4H/q2*+2;. The zero-order chi connectivity index (χ0) is 4.50. The Hall–Kier alpha value is 1.10. The summed E-state index contributed by atoms with van der Waals surface area (Å²) in [6.07, 6.45) is 0. The number of rotatable bonds is 0. The van der Waals surface area contributed by atoms with E-state index in [2.05, 4.69) is 0 Å². The third-order valence-electron chi connectivity index (χ3n) is 0. The van der Waals surface area contributed by atoms with E-state index in [-0.39, 0.29) is 34.1 Å². The van der Waals surface area contributed by atoms with Gasteiger partial charge in [-0.3, -0.25) is 0 Å². The summed E-state index contributed by atoms with van der Waals surface area (Å²) >= 11 is 0. The van der Waals surface area contributed by atoms with Gasteiger partial charge < -0.3 is 19.2 Å². The maximum atomic E-state index is 7.33. The first-order valence-corrected chi connectivity index (χ1v) is 2.68. The molecule has 0 aliphatic rings. The van der Waals surface area contributed by atoms with Crippen molar-refractivity contribution in [1.82, 2.24) is 0 Å². The van der Waals surface area contributed by atoms with Crippen molar-refractivity contribution in [2.45, 2.75) is 0 Å². The van der Waals surface area contributed by atoms with Crippen LogP contribution < -0.4 is 0 Å². The molecular formula is H4Fe2O4Si+4. The van der Waals surface area contributed by atoms with E-state index in [1.807, 2.05) is 0 Å². The zero-order valence-electron chi connectivity index (χ0n) is 3.00. The van der Waals surface area contributed by atoms with Gasteiger partial charge in [-0.1, -0.05) is 0 Å². The Morgan fingerprint density at radius 3 is 0.714 bits per heavy atom. The van der Waals surface area contributed by atoms with Crippen molar-refractivity contribution in [3.05, 3.63) is 0 Å². The van der Waals surface area contributed by atoms with Gasteiger partial charge in [0.25, 0.3) is 0 Å². The quantitative estimate of drug-likeness (QED) is 0.328. The van der Waals surface area contributed by atoms with Crippen molar-refractivity contribution in [2.24, 2.45) is 0 Å². The topological polar surface area (TPSA) is 80.9 Å². The molecule has 4 nitrogen and oxygen atoms in total. The first-order valence-electron chi connectivity index (χ1n) is 0.894. The average molecular weight is 208 g/mol. The number of hydrogen-bond acceptors (Lipinski definition) is 4. The van der Waals surface area contributed by atoms with E-state index in [4.69, 9.17) is 19.2 Å². The van der Waals surface area contributed by atoms with Crippen molar-refractivity contribution in [3.8, 4) is 0 Å². The van der Waals surface area contributed by atoms with Gasteiger partial charge in [0.2, 0.25) is 0 Å². The minimum absolute atomic E-state index is 0. The second kappa shape index (κ2) is 5.24. The van der Waals surface area contributed by atoms with Crippen LogP contribution in [0.2, 0.25) is 0 Å². The minimum atomic E-state index is -4.61. The Morgan fingerprint density at radius 1 is 0.714 bits per heavy atom. The maximum Gasteiger partial charge on any atom is 2.00 e. The van der Waals surface area contributed by atoms with Gasteiger partial charge in [-0.05, 0) is 0 Å². The summed E-state index contributed by atoms with van der Waals surface area (Å²) in [7, 11) is -4.61. The molecule has 0 radical (unpaired) electrons. The Labute approximate surface area is 62.6 Å². The molecule has 0 aromatic carbocycles. The molecule has 0 unspecified atom stereocenters. The Kier molecular flexibility index (Phi) is 11.7. The van der Waals surface area contributed by atoms with Crippen LogP contribution in [0.25, 0.3) is 0 Å². The van der Waals surface area contributed by atoms with E-state index in [1.165, 1.54) is 0 Å². The zero-order valence-corrected chi connectivity index (χ0v) is 6.20. The Bertz CT molecular complexity index is 25.2. The summed E-state index contributed by atoms with van der Waals surface area (Å²) in [5, 5.41) is 0. The molecule has 4 N–H and O–H groups in total. The largest absolute Gasteiger partial charge is 2.00 e. The van der Waals surface area contributed by atoms with Crippen LogP contribution in [0.1, 0.15) is 0 Å². The first-order chi connectivity index (χ1) is 2.00. The second-order valence-electron chi connectivity index (χ2n) is 0.600. The van der Waals surface area contributed by atoms with E-state index in [9.17, 15) is 0 Å². The average Bonchev–Trinajstić information content (AvgIpc) is 0.722. The molecule has 0 atom stereocenters. The second-order valence-corrected chi connectivity index (χ2v) is 1.80. The molecular weight excluding hydrogens is 204 g/mol. The molecule has 0 bridgehead atoms. The molecule has 7 heteroatoms. The van der Waals surface area contributed by atoms with Crippen molar-refractivity contribution < 1.29 is 53.3 Å². The van der Waals surface area contributed by atoms with Gasteiger partial charge in [-0.2, -0.15) is 0 Å². The van der Waals surface area contributed by atoms with Crippen molar-refractivity contribution in [2.75, 3.05) is 0 Å². The molecule has 0 saturated carbocycles. The summed E-state index contributed by atoms with van der Waals surface area (Å²) in [6.45, 7) is 0. The summed E-state index contributed by atoms with van der Waals surface area (Å²) in [6, 6.07) is 0. The SMILES string of the molecule is O[Si](O)(O)O.[Fe+2].[Fe+2]. The van der Waals surface area contributed by atoms with Gasteiger partial charge >= 0.3 is 43.2 Å². The summed E-state index contributed by atoms with van der Waals surface area (Å²) in [5.74, 6) is 0. The van der Waals surface area contributed by atoms with Crippen LogP contribution in [0.4, 0.5) is 0 Å². The van der Waals surface area contributed by atoms with Gasteiger partial charge in [0.05, 0.1) is 0 Å². The predicted octanol–water partition coefficient (Wildman–Crippen LogP) is -2.61. The first kappa shape index (κ1) is 15.7. The van der Waals surface area contributed by atoms with Crippen LogP contribution in [-0.4, -0.2) is 28.2 Å². The molecule has 0 heterocycles. The van der Waals surface area contributed by atoms with E-state index < -0.39 is 9.05 Å². The monoisotopic (exact) mass is 208 g/mol. The Balaban J connectivity index is -0.0000000800. The molecule has 0 aromatic rings. The number of hydrogen-bond donors (Lipinski definition) is 4. The Morgan fingerprint density at radius 2 is 0.714 bits per heavy atom. The predicted molar refractivity (Wildman–Crippen MR) is 14.6 cm³/mol. The van der Waals surface area contributed by atoms with Crippen LogP contribution in [-0.2, 0) is 34.1 Å². The summed E-state index contributed by atoms with van der Waals surface area (Å²) in [4.78, 5) is 29.3. The van der Waals surface area contributed by atoms with E-state index in [1.54, 1.807) is 0 Å². The van der Waals surface area contributed by atoms with E-state index >= 15 is 0 Å². The third kappa shape index (κ3) is 153. The minimum Gasteiger partial charge on any atom is -0.368 e. The fourth-order valence-electron chi connectivity index (χ4n) is 0. The molecule has 0 aliphatic carbocycles. The van der Waals surface area contributed by atoms with Crippen LogP contribution in [0.15, 0.2) is 0 Å². The molecule has 0 rings (SSSR count). The van der Waals surface area contributed by atoms with Crippen LogP contribution >= 0.6 is 0 Å². The van der Waals surface area contributed by atoms with Gasteiger partial charge in [-0.15, -0.1) is 0 Å². The van der Waals surface area contributed by atoms with E-state index in [0.29, 0.717) is 0 Å². The molecule has 44 valence electrons. The molecule has 0 amide bonds. The van der Waals surface area contributed by atoms with Crippen LogP contribution in [0.3, 0.4) is 0 Å². The molecule has 0 aliphatic heterocycles. The smallest absolute Gasteiger partial charge is 0.368 e. The summed E-state index contributed by atoms with van der Waals surface area (Å²) in [5.41, 5.74) is 0. The van der Waals surface area contributed by atoms with Gasteiger partial charge in [-0.25, -0.2) is 0 Å². The molecule has 0 saturated heterocycles. The van der Waals surface area contributed by atoms with Crippen molar-refractivity contribution >= 4 is 9.05 Å². The molecule has 7 heavy (non-hydrogen) atoms. The third-order valence-corrected chi connectivity index (χ3v) is 0. The fourth-order valence-corrected chi connectivity index (χ4v) is 0. The molecule has 0 spiro atoms. The van der Waals surface area contributed by atoms with E-state index in [0.717, 1.165) is 0 Å². The van der Waals surface area contributed by atoms with Crippen LogP contribution in [0, 0.1) is 0 Å². The molecule has 0 aromatic heterocycles.